The first-order chi connectivity index (χ1) is 8.86. The molecule has 0 saturated heterocycles. The fourth-order valence-electron chi connectivity index (χ4n) is 1.18. The smallest absolute Gasteiger partial charge is 0.337 e. The van der Waals surface area contributed by atoms with Crippen molar-refractivity contribution in [1.82, 2.24) is 4.90 Å². The van der Waals surface area contributed by atoms with Gasteiger partial charge >= 0.3 is 5.97 Å². The number of anilines is 1. The van der Waals surface area contributed by atoms with Gasteiger partial charge in [-0.25, -0.2) is 9.00 Å². The highest BCUT2D eigenvalue weighted by Crippen LogP contribution is 2.28. The molecular weight excluding hydrogens is 290 g/mol. The van der Waals surface area contributed by atoms with E-state index in [4.69, 9.17) is 17.3 Å². The molecule has 1 aromatic rings. The highest BCUT2D eigenvalue weighted by Gasteiger charge is 2.16. The molecule has 0 aliphatic heterocycles. The fourth-order valence-corrected chi connectivity index (χ4v) is 2.37. The minimum Gasteiger partial charge on any atom is -0.465 e. The standard InChI is InChI=1S/C11H14ClN3O3S/c1-15(2)6-14-19(17)9-5-7(11(16)18-3)4-8(13)10(9)12/h4-6H,13H2,1-3H3. The number of nitrogens with zero attached hydrogens (tertiary/aromatic N) is 2. The van der Waals surface area contributed by atoms with Crippen molar-refractivity contribution in [2.75, 3.05) is 26.9 Å². The summed E-state index contributed by atoms with van der Waals surface area (Å²) in [5, 5.41) is 0.113. The zero-order valence-electron chi connectivity index (χ0n) is 10.7. The summed E-state index contributed by atoms with van der Waals surface area (Å²) < 4.78 is 20.4. The van der Waals surface area contributed by atoms with Crippen LogP contribution < -0.4 is 5.73 Å². The van der Waals surface area contributed by atoms with Gasteiger partial charge < -0.3 is 15.4 Å². The van der Waals surface area contributed by atoms with Crippen LogP contribution in [-0.2, 0) is 15.7 Å². The van der Waals surface area contributed by atoms with Crippen molar-refractivity contribution in [1.29, 1.82) is 0 Å². The van der Waals surface area contributed by atoms with Crippen molar-refractivity contribution in [2.45, 2.75) is 4.90 Å². The predicted molar refractivity (Wildman–Crippen MR) is 75.8 cm³/mol. The van der Waals surface area contributed by atoms with E-state index in [-0.39, 0.29) is 21.2 Å². The highest BCUT2D eigenvalue weighted by atomic mass is 35.5. The Morgan fingerprint density at radius 1 is 1.53 bits per heavy atom. The van der Waals surface area contributed by atoms with Crippen LogP contribution in [-0.4, -0.2) is 42.6 Å². The Balaban J connectivity index is 3.23. The number of ether oxygens (including phenoxy) is 1. The molecule has 1 aromatic carbocycles. The molecule has 104 valence electrons. The lowest BCUT2D eigenvalue weighted by Crippen LogP contribution is -2.09. The Kier molecular flexibility index (Phi) is 5.31. The van der Waals surface area contributed by atoms with Crippen molar-refractivity contribution >= 4 is 40.6 Å². The Bertz CT molecular complexity index is 546. The van der Waals surface area contributed by atoms with E-state index >= 15 is 0 Å². The number of benzene rings is 1. The lowest BCUT2D eigenvalue weighted by Gasteiger charge is -2.08. The summed E-state index contributed by atoms with van der Waals surface area (Å²) in [4.78, 5) is 13.2. The van der Waals surface area contributed by atoms with Gasteiger partial charge in [-0.15, -0.1) is 0 Å². The lowest BCUT2D eigenvalue weighted by molar-refractivity contribution is 0.0600. The molecule has 0 aliphatic rings. The maximum Gasteiger partial charge on any atom is 0.337 e. The van der Waals surface area contributed by atoms with Gasteiger partial charge in [0.1, 0.15) is 6.34 Å². The van der Waals surface area contributed by atoms with Crippen molar-refractivity contribution in [2.24, 2.45) is 4.40 Å². The monoisotopic (exact) mass is 303 g/mol. The number of nitrogens with two attached hydrogens (primary N) is 1. The average molecular weight is 304 g/mol. The molecule has 0 heterocycles. The third-order valence-corrected chi connectivity index (χ3v) is 3.57. The third kappa shape index (κ3) is 3.93. The van der Waals surface area contributed by atoms with Crippen LogP contribution in [0.1, 0.15) is 10.4 Å². The summed E-state index contributed by atoms with van der Waals surface area (Å²) in [7, 11) is 2.97. The molecule has 0 bridgehead atoms. The molecule has 6 nitrogen and oxygen atoms in total. The van der Waals surface area contributed by atoms with Crippen LogP contribution in [0.15, 0.2) is 21.4 Å². The van der Waals surface area contributed by atoms with Gasteiger partial charge in [0.05, 0.1) is 28.3 Å². The Morgan fingerprint density at radius 2 is 2.16 bits per heavy atom. The molecule has 0 amide bonds. The van der Waals surface area contributed by atoms with E-state index in [1.807, 2.05) is 0 Å². The lowest BCUT2D eigenvalue weighted by atomic mass is 10.2. The Hall–Kier alpha value is -1.60. The number of hydrogen-bond donors (Lipinski definition) is 1. The summed E-state index contributed by atoms with van der Waals surface area (Å²) in [6.45, 7) is 0. The van der Waals surface area contributed by atoms with E-state index in [9.17, 15) is 9.00 Å². The highest BCUT2D eigenvalue weighted by molar-refractivity contribution is 7.84. The third-order valence-electron chi connectivity index (χ3n) is 2.05. The summed E-state index contributed by atoms with van der Waals surface area (Å²) in [6.07, 6.45) is 1.38. The van der Waals surface area contributed by atoms with Crippen LogP contribution >= 0.6 is 11.6 Å². The largest absolute Gasteiger partial charge is 0.465 e. The number of rotatable bonds is 4. The summed E-state index contributed by atoms with van der Waals surface area (Å²) >= 11 is 5.97. The SMILES string of the molecule is COC(=O)c1cc(N)c(Cl)c(S(=O)N=CN(C)C)c1. The molecule has 0 saturated carbocycles. The summed E-state index contributed by atoms with van der Waals surface area (Å²) in [5.41, 5.74) is 5.99. The van der Waals surface area contributed by atoms with Gasteiger partial charge in [0.15, 0.2) is 11.0 Å². The second kappa shape index (κ2) is 6.53. The fraction of sp³-hybridized carbons (Fsp3) is 0.273. The van der Waals surface area contributed by atoms with Crippen LogP contribution in [0.25, 0.3) is 0 Å². The molecule has 1 unspecified atom stereocenters. The van der Waals surface area contributed by atoms with E-state index < -0.39 is 17.0 Å². The van der Waals surface area contributed by atoms with Crippen molar-refractivity contribution in [3.05, 3.63) is 22.7 Å². The topological polar surface area (TPSA) is 85.0 Å². The molecule has 8 heteroatoms. The van der Waals surface area contributed by atoms with E-state index in [2.05, 4.69) is 9.13 Å². The first kappa shape index (κ1) is 15.5. The van der Waals surface area contributed by atoms with E-state index in [1.165, 1.54) is 25.6 Å². The average Bonchev–Trinajstić information content (AvgIpc) is 2.37. The second-order valence-corrected chi connectivity index (χ2v) is 5.33. The minimum absolute atomic E-state index is 0.113. The molecular formula is C11H14ClN3O3S. The molecule has 1 atom stereocenters. The van der Waals surface area contributed by atoms with Crippen LogP contribution in [0.2, 0.25) is 5.02 Å². The Labute approximate surface area is 118 Å². The zero-order valence-corrected chi connectivity index (χ0v) is 12.3. The minimum atomic E-state index is -1.75. The maximum absolute atomic E-state index is 12.0. The molecule has 0 radical (unpaired) electrons. The number of esters is 1. The van der Waals surface area contributed by atoms with Gasteiger partial charge in [-0.1, -0.05) is 11.6 Å². The van der Waals surface area contributed by atoms with E-state index in [0.29, 0.717) is 0 Å². The normalized spacial score (nSPS) is 12.4. The van der Waals surface area contributed by atoms with Crippen LogP contribution in [0.3, 0.4) is 0 Å². The molecule has 0 spiro atoms. The summed E-state index contributed by atoms with van der Waals surface area (Å²) in [6, 6.07) is 2.72. The van der Waals surface area contributed by atoms with Crippen molar-refractivity contribution < 1.29 is 13.7 Å². The first-order valence-corrected chi connectivity index (χ1v) is 6.65. The van der Waals surface area contributed by atoms with E-state index in [1.54, 1.807) is 19.0 Å². The van der Waals surface area contributed by atoms with Crippen LogP contribution in [0.5, 0.6) is 0 Å². The molecule has 19 heavy (non-hydrogen) atoms. The van der Waals surface area contributed by atoms with E-state index in [0.717, 1.165) is 0 Å². The molecule has 0 fully saturated rings. The summed E-state index contributed by atoms with van der Waals surface area (Å²) in [5.74, 6) is -0.585. The van der Waals surface area contributed by atoms with Crippen molar-refractivity contribution in [3.63, 3.8) is 0 Å². The predicted octanol–water partition coefficient (Wildman–Crippen LogP) is 1.32. The van der Waals surface area contributed by atoms with Gasteiger partial charge in [0, 0.05) is 14.1 Å². The number of carbonyl (C=O) groups excluding carboxylic acids is 1. The molecule has 0 aromatic heterocycles. The van der Waals surface area contributed by atoms with Crippen LogP contribution in [0.4, 0.5) is 5.69 Å². The van der Waals surface area contributed by atoms with Gasteiger partial charge in [0.2, 0.25) is 0 Å². The van der Waals surface area contributed by atoms with Gasteiger partial charge in [-0.3, -0.25) is 0 Å². The number of nitrogen functional groups attached to an aromatic ring is 1. The van der Waals surface area contributed by atoms with Gasteiger partial charge in [-0.05, 0) is 12.1 Å². The second-order valence-electron chi connectivity index (χ2n) is 3.80. The quantitative estimate of drug-likeness (QED) is 0.392. The van der Waals surface area contributed by atoms with Gasteiger partial charge in [0.25, 0.3) is 0 Å². The number of methoxy groups -OCH3 is 1. The maximum atomic E-state index is 12.0. The van der Waals surface area contributed by atoms with Gasteiger partial charge in [-0.2, -0.15) is 4.40 Å². The number of carbonyl (C=O) groups is 1. The van der Waals surface area contributed by atoms with Crippen LogP contribution in [0, 0.1) is 0 Å². The Morgan fingerprint density at radius 3 is 2.68 bits per heavy atom. The number of halogens is 1. The van der Waals surface area contributed by atoms with Crippen molar-refractivity contribution in [3.8, 4) is 0 Å². The zero-order chi connectivity index (χ0) is 14.6. The number of hydrogen-bond acceptors (Lipinski definition) is 4. The first-order valence-electron chi connectivity index (χ1n) is 5.16. The molecule has 0 aliphatic carbocycles. The molecule has 1 rings (SSSR count). The molecule has 2 N–H and O–H groups in total.